The molecule has 1 aromatic carbocycles. The predicted octanol–water partition coefficient (Wildman–Crippen LogP) is 3.80. The standard InChI is InChI=1S/C18H26BrNO3/c1-3-22-18(21)13-20-10-5-6-15(12-20)9-11-23-17-8-4-7-16(19)14(17)2/h4,7-8,15H,3,5-6,9-13H2,1-2H3/t15-/m1/s1. The van der Waals surface area contributed by atoms with Crippen LogP contribution in [-0.2, 0) is 9.53 Å². The lowest BCUT2D eigenvalue weighted by molar-refractivity contribution is -0.144. The summed E-state index contributed by atoms with van der Waals surface area (Å²) in [7, 11) is 0. The zero-order valence-corrected chi connectivity index (χ0v) is 15.6. The van der Waals surface area contributed by atoms with E-state index in [1.54, 1.807) is 0 Å². The van der Waals surface area contributed by atoms with E-state index in [2.05, 4.69) is 27.8 Å². The molecule has 128 valence electrons. The van der Waals surface area contributed by atoms with Crippen LogP contribution in [0.15, 0.2) is 22.7 Å². The molecule has 1 atom stereocenters. The minimum absolute atomic E-state index is 0.117. The molecular formula is C18H26BrNO3. The second-order valence-electron chi connectivity index (χ2n) is 6.05. The number of carbonyl (C=O) groups excluding carboxylic acids is 1. The van der Waals surface area contributed by atoms with E-state index in [9.17, 15) is 4.79 Å². The number of nitrogens with zero attached hydrogens (tertiary/aromatic N) is 1. The summed E-state index contributed by atoms with van der Waals surface area (Å²) in [5.41, 5.74) is 1.14. The van der Waals surface area contributed by atoms with Crippen LogP contribution in [-0.4, -0.2) is 43.7 Å². The van der Waals surface area contributed by atoms with Crippen molar-refractivity contribution in [3.05, 3.63) is 28.2 Å². The van der Waals surface area contributed by atoms with Gasteiger partial charge in [-0.15, -0.1) is 0 Å². The van der Waals surface area contributed by atoms with Crippen LogP contribution < -0.4 is 4.74 Å². The van der Waals surface area contributed by atoms with Crippen LogP contribution >= 0.6 is 15.9 Å². The third-order valence-electron chi connectivity index (χ3n) is 4.26. The summed E-state index contributed by atoms with van der Waals surface area (Å²) < 4.78 is 12.0. The summed E-state index contributed by atoms with van der Waals surface area (Å²) >= 11 is 3.53. The maximum absolute atomic E-state index is 11.6. The van der Waals surface area contributed by atoms with Gasteiger partial charge in [-0.1, -0.05) is 22.0 Å². The number of benzene rings is 1. The molecule has 1 fully saturated rings. The van der Waals surface area contributed by atoms with Gasteiger partial charge in [-0.3, -0.25) is 9.69 Å². The summed E-state index contributed by atoms with van der Waals surface area (Å²) in [5, 5.41) is 0. The minimum Gasteiger partial charge on any atom is -0.493 e. The molecule has 1 saturated heterocycles. The number of carbonyl (C=O) groups is 1. The van der Waals surface area contributed by atoms with Crippen molar-refractivity contribution in [1.29, 1.82) is 0 Å². The molecule has 5 heteroatoms. The average molecular weight is 384 g/mol. The number of hydrogen-bond acceptors (Lipinski definition) is 4. The molecule has 1 aliphatic rings. The van der Waals surface area contributed by atoms with Gasteiger partial charge >= 0.3 is 5.97 Å². The molecule has 0 aliphatic carbocycles. The van der Waals surface area contributed by atoms with Crippen LogP contribution in [0.3, 0.4) is 0 Å². The number of piperidine rings is 1. The molecule has 0 unspecified atom stereocenters. The fraction of sp³-hybridized carbons (Fsp3) is 0.611. The summed E-state index contributed by atoms with van der Waals surface area (Å²) in [4.78, 5) is 13.8. The average Bonchev–Trinajstić information content (AvgIpc) is 2.52. The molecule has 0 amide bonds. The molecule has 1 aromatic rings. The molecule has 0 N–H and O–H groups in total. The highest BCUT2D eigenvalue weighted by Gasteiger charge is 2.22. The Hall–Kier alpha value is -1.07. The van der Waals surface area contributed by atoms with Crippen molar-refractivity contribution < 1.29 is 14.3 Å². The van der Waals surface area contributed by atoms with E-state index >= 15 is 0 Å². The van der Waals surface area contributed by atoms with E-state index in [1.807, 2.05) is 25.1 Å². The Labute approximate surface area is 147 Å². The highest BCUT2D eigenvalue weighted by molar-refractivity contribution is 9.10. The van der Waals surface area contributed by atoms with E-state index in [4.69, 9.17) is 9.47 Å². The fourth-order valence-electron chi connectivity index (χ4n) is 3.00. The number of hydrogen-bond donors (Lipinski definition) is 0. The van der Waals surface area contributed by atoms with Crippen molar-refractivity contribution in [3.63, 3.8) is 0 Å². The molecule has 1 aliphatic heterocycles. The van der Waals surface area contributed by atoms with E-state index in [0.29, 0.717) is 19.1 Å². The van der Waals surface area contributed by atoms with Crippen molar-refractivity contribution in [3.8, 4) is 5.75 Å². The Morgan fingerprint density at radius 2 is 2.26 bits per heavy atom. The Kier molecular flexibility index (Phi) is 7.37. The first kappa shape index (κ1) is 18.3. The minimum atomic E-state index is -0.117. The predicted molar refractivity (Wildman–Crippen MR) is 94.8 cm³/mol. The van der Waals surface area contributed by atoms with Crippen molar-refractivity contribution in [1.82, 2.24) is 4.90 Å². The van der Waals surface area contributed by atoms with Gasteiger partial charge in [0.25, 0.3) is 0 Å². The Morgan fingerprint density at radius 3 is 3.04 bits per heavy atom. The van der Waals surface area contributed by atoms with Gasteiger partial charge < -0.3 is 9.47 Å². The van der Waals surface area contributed by atoms with Gasteiger partial charge in [0.05, 0.1) is 19.8 Å². The topological polar surface area (TPSA) is 38.8 Å². The first-order valence-corrected chi connectivity index (χ1v) is 9.15. The molecule has 0 spiro atoms. The maximum atomic E-state index is 11.6. The SMILES string of the molecule is CCOC(=O)CN1CCC[C@H](CCOc2cccc(Br)c2C)C1. The number of rotatable bonds is 7. The summed E-state index contributed by atoms with van der Waals surface area (Å²) in [6.07, 6.45) is 3.37. The highest BCUT2D eigenvalue weighted by Crippen LogP contribution is 2.26. The Balaban J connectivity index is 1.75. The molecule has 0 aromatic heterocycles. The highest BCUT2D eigenvalue weighted by atomic mass is 79.9. The maximum Gasteiger partial charge on any atom is 0.320 e. The van der Waals surface area contributed by atoms with E-state index < -0.39 is 0 Å². The zero-order valence-electron chi connectivity index (χ0n) is 14.0. The zero-order chi connectivity index (χ0) is 16.7. The molecule has 23 heavy (non-hydrogen) atoms. The van der Waals surface area contributed by atoms with Crippen molar-refractivity contribution in [2.45, 2.75) is 33.1 Å². The normalized spacial score (nSPS) is 18.7. The van der Waals surface area contributed by atoms with E-state index in [0.717, 1.165) is 48.3 Å². The van der Waals surface area contributed by atoms with Gasteiger partial charge in [-0.2, -0.15) is 0 Å². The number of halogens is 1. The van der Waals surface area contributed by atoms with Crippen LogP contribution in [0.1, 0.15) is 31.7 Å². The van der Waals surface area contributed by atoms with Crippen LogP contribution in [0.2, 0.25) is 0 Å². The smallest absolute Gasteiger partial charge is 0.320 e. The lowest BCUT2D eigenvalue weighted by Crippen LogP contribution is -2.39. The number of esters is 1. The Bertz CT molecular complexity index is 521. The number of ether oxygens (including phenoxy) is 2. The van der Waals surface area contributed by atoms with Gasteiger partial charge in [-0.25, -0.2) is 0 Å². The number of likely N-dealkylation sites (tertiary alicyclic amines) is 1. The third kappa shape index (κ3) is 5.81. The Morgan fingerprint density at radius 1 is 1.43 bits per heavy atom. The first-order valence-electron chi connectivity index (χ1n) is 8.36. The first-order chi connectivity index (χ1) is 11.1. The fourth-order valence-corrected chi connectivity index (χ4v) is 3.35. The molecule has 0 radical (unpaired) electrons. The van der Waals surface area contributed by atoms with Crippen LogP contribution in [0.5, 0.6) is 5.75 Å². The van der Waals surface area contributed by atoms with Crippen molar-refractivity contribution >= 4 is 21.9 Å². The summed E-state index contributed by atoms with van der Waals surface area (Å²) in [5.74, 6) is 1.42. The van der Waals surface area contributed by atoms with Gasteiger partial charge in [-0.05, 0) is 57.7 Å². The van der Waals surface area contributed by atoms with Crippen LogP contribution in [0.4, 0.5) is 0 Å². The second-order valence-corrected chi connectivity index (χ2v) is 6.90. The molecule has 1 heterocycles. The van der Waals surface area contributed by atoms with Crippen molar-refractivity contribution in [2.75, 3.05) is 32.8 Å². The van der Waals surface area contributed by atoms with E-state index in [-0.39, 0.29) is 5.97 Å². The monoisotopic (exact) mass is 383 g/mol. The lowest BCUT2D eigenvalue weighted by atomic mass is 9.95. The molecule has 0 saturated carbocycles. The van der Waals surface area contributed by atoms with Crippen LogP contribution in [0, 0.1) is 12.8 Å². The van der Waals surface area contributed by atoms with Crippen molar-refractivity contribution in [2.24, 2.45) is 5.92 Å². The van der Waals surface area contributed by atoms with Crippen LogP contribution in [0.25, 0.3) is 0 Å². The molecule has 4 nitrogen and oxygen atoms in total. The lowest BCUT2D eigenvalue weighted by Gasteiger charge is -2.31. The molecule has 0 bridgehead atoms. The van der Waals surface area contributed by atoms with E-state index in [1.165, 1.54) is 6.42 Å². The third-order valence-corrected chi connectivity index (χ3v) is 5.12. The second kappa shape index (κ2) is 9.28. The van der Waals surface area contributed by atoms with Gasteiger partial charge in [0.2, 0.25) is 0 Å². The molecular weight excluding hydrogens is 358 g/mol. The molecule has 2 rings (SSSR count). The van der Waals surface area contributed by atoms with Gasteiger partial charge in [0.1, 0.15) is 5.75 Å². The largest absolute Gasteiger partial charge is 0.493 e. The quantitative estimate of drug-likeness (QED) is 0.671. The van der Waals surface area contributed by atoms with Gasteiger partial charge in [0, 0.05) is 16.6 Å². The van der Waals surface area contributed by atoms with Gasteiger partial charge in [0.15, 0.2) is 0 Å². The summed E-state index contributed by atoms with van der Waals surface area (Å²) in [6.45, 7) is 7.43. The summed E-state index contributed by atoms with van der Waals surface area (Å²) in [6, 6.07) is 6.03.